The zero-order valence-corrected chi connectivity index (χ0v) is 8.87. The van der Waals surface area contributed by atoms with Crippen LogP contribution in [0.4, 0.5) is 0 Å². The zero-order valence-electron chi connectivity index (χ0n) is 8.87. The monoisotopic (exact) mass is 217 g/mol. The highest BCUT2D eigenvalue weighted by molar-refractivity contribution is 5.93. The van der Waals surface area contributed by atoms with Gasteiger partial charge in [-0.25, -0.2) is 0 Å². The molecule has 15 heavy (non-hydrogen) atoms. The Hall–Kier alpha value is -1.63. The molecule has 0 radical (unpaired) electrons. The van der Waals surface area contributed by atoms with E-state index in [0.717, 1.165) is 0 Å². The van der Waals surface area contributed by atoms with Crippen molar-refractivity contribution >= 4 is 17.7 Å². The summed E-state index contributed by atoms with van der Waals surface area (Å²) in [7, 11) is 2.61. The first-order valence-electron chi connectivity index (χ1n) is 4.24. The summed E-state index contributed by atoms with van der Waals surface area (Å²) in [4.78, 5) is 33.1. The van der Waals surface area contributed by atoms with E-state index >= 15 is 0 Å². The molecule has 7 heteroatoms. The van der Waals surface area contributed by atoms with E-state index < -0.39 is 29.9 Å². The Bertz CT molecular complexity index is 267. The number of hydrogen-bond acceptors (Lipinski definition) is 4. The van der Waals surface area contributed by atoms with Crippen molar-refractivity contribution in [3.63, 3.8) is 0 Å². The second-order valence-electron chi connectivity index (χ2n) is 2.85. The number of carbonyl (C=O) groups excluding carboxylic acids is 3. The first-order chi connectivity index (χ1) is 6.93. The molecule has 4 N–H and O–H groups in total. The number of methoxy groups -OCH3 is 1. The van der Waals surface area contributed by atoms with E-state index in [2.05, 4.69) is 10.6 Å². The molecule has 2 unspecified atom stereocenters. The fourth-order valence-electron chi connectivity index (χ4n) is 1.07. The van der Waals surface area contributed by atoms with Crippen LogP contribution < -0.4 is 16.4 Å². The summed E-state index contributed by atoms with van der Waals surface area (Å²) in [6.45, 7) is 1.23. The van der Waals surface area contributed by atoms with Gasteiger partial charge in [0.15, 0.2) is 6.10 Å². The first kappa shape index (κ1) is 13.4. The second-order valence-corrected chi connectivity index (χ2v) is 2.85. The fourth-order valence-corrected chi connectivity index (χ4v) is 1.07. The van der Waals surface area contributed by atoms with Crippen molar-refractivity contribution in [1.29, 1.82) is 0 Å². The number of rotatable bonds is 5. The molecule has 0 aromatic rings. The Kier molecular flexibility index (Phi) is 5.32. The van der Waals surface area contributed by atoms with Crippen LogP contribution in [-0.2, 0) is 19.1 Å². The minimum Gasteiger partial charge on any atom is -0.369 e. The lowest BCUT2D eigenvalue weighted by Gasteiger charge is -2.22. The number of carbonyl (C=O) groups is 3. The van der Waals surface area contributed by atoms with Crippen LogP contribution in [0, 0.1) is 0 Å². The fraction of sp³-hybridized carbons (Fsp3) is 0.625. The molecule has 0 rings (SSSR count). The van der Waals surface area contributed by atoms with Crippen LogP contribution in [0.25, 0.3) is 0 Å². The summed E-state index contributed by atoms with van der Waals surface area (Å²) in [5, 5.41) is 4.58. The molecule has 0 aliphatic carbocycles. The number of amides is 3. The van der Waals surface area contributed by atoms with E-state index in [1.54, 1.807) is 0 Å². The molecule has 7 nitrogen and oxygen atoms in total. The smallest absolute Gasteiger partial charge is 0.249 e. The van der Waals surface area contributed by atoms with Crippen LogP contribution in [0.3, 0.4) is 0 Å². The molecular weight excluding hydrogens is 202 g/mol. The van der Waals surface area contributed by atoms with Gasteiger partial charge in [0.05, 0.1) is 0 Å². The van der Waals surface area contributed by atoms with E-state index in [9.17, 15) is 14.4 Å². The van der Waals surface area contributed by atoms with Gasteiger partial charge in [-0.2, -0.15) is 0 Å². The predicted octanol–water partition coefficient (Wildman–Crippen LogP) is -2.26. The van der Waals surface area contributed by atoms with Gasteiger partial charge in [0.2, 0.25) is 17.7 Å². The highest BCUT2D eigenvalue weighted by atomic mass is 16.5. The zero-order chi connectivity index (χ0) is 12.0. The number of nitrogens with one attached hydrogen (secondary N) is 2. The van der Waals surface area contributed by atoms with Gasteiger partial charge in [-0.1, -0.05) is 0 Å². The Morgan fingerprint density at radius 2 is 1.87 bits per heavy atom. The van der Waals surface area contributed by atoms with E-state index in [-0.39, 0.29) is 0 Å². The molecular formula is C8H15N3O4. The van der Waals surface area contributed by atoms with E-state index in [1.807, 2.05) is 0 Å². The Morgan fingerprint density at radius 3 is 2.13 bits per heavy atom. The summed E-state index contributed by atoms with van der Waals surface area (Å²) in [6.07, 6.45) is -1.19. The van der Waals surface area contributed by atoms with Crippen molar-refractivity contribution < 1.29 is 19.1 Å². The van der Waals surface area contributed by atoms with Crippen LogP contribution in [0.5, 0.6) is 0 Å². The van der Waals surface area contributed by atoms with Gasteiger partial charge in [-0.15, -0.1) is 0 Å². The van der Waals surface area contributed by atoms with Crippen LogP contribution in [0.15, 0.2) is 0 Å². The van der Waals surface area contributed by atoms with Crippen molar-refractivity contribution in [2.45, 2.75) is 19.1 Å². The third kappa shape index (κ3) is 3.94. The van der Waals surface area contributed by atoms with Gasteiger partial charge in [0.25, 0.3) is 0 Å². The first-order valence-corrected chi connectivity index (χ1v) is 4.24. The molecule has 0 aliphatic rings. The molecule has 2 atom stereocenters. The van der Waals surface area contributed by atoms with Crippen molar-refractivity contribution in [1.82, 2.24) is 10.6 Å². The van der Waals surface area contributed by atoms with Crippen molar-refractivity contribution in [2.75, 3.05) is 14.2 Å². The molecule has 0 saturated heterocycles. The lowest BCUT2D eigenvalue weighted by molar-refractivity contribution is -0.139. The number of hydrogen-bond donors (Lipinski definition) is 3. The van der Waals surface area contributed by atoms with Crippen LogP contribution >= 0.6 is 0 Å². The molecule has 0 aromatic carbocycles. The Labute approximate surface area is 87.3 Å². The third-order valence-electron chi connectivity index (χ3n) is 1.72. The lowest BCUT2D eigenvalue weighted by atomic mass is 10.1. The summed E-state index contributed by atoms with van der Waals surface area (Å²) in [6, 6.07) is -1.12. The van der Waals surface area contributed by atoms with Crippen molar-refractivity contribution in [3.8, 4) is 0 Å². The van der Waals surface area contributed by atoms with Gasteiger partial charge in [-0.3, -0.25) is 14.4 Å². The Balaban J connectivity index is 4.80. The quantitative estimate of drug-likeness (QED) is 0.482. The van der Waals surface area contributed by atoms with E-state index in [0.29, 0.717) is 0 Å². The molecule has 0 aliphatic heterocycles. The minimum absolute atomic E-state index is 0.452. The second kappa shape index (κ2) is 5.97. The van der Waals surface area contributed by atoms with Gasteiger partial charge in [-0.05, 0) is 0 Å². The molecule has 0 saturated carbocycles. The standard InChI is InChI=1S/C8H15N3O4/c1-4(12)11-5(8(14)10-2)6(15-3)7(9)13/h5-6H,1-3H3,(H2,9,13)(H,10,14)(H,11,12). The summed E-state index contributed by atoms with van der Waals surface area (Å²) in [5.74, 6) is -1.82. The highest BCUT2D eigenvalue weighted by Gasteiger charge is 2.32. The molecule has 0 spiro atoms. The Morgan fingerprint density at radius 1 is 1.33 bits per heavy atom. The van der Waals surface area contributed by atoms with Crippen LogP contribution in [-0.4, -0.2) is 44.0 Å². The van der Waals surface area contributed by atoms with Crippen molar-refractivity contribution in [2.24, 2.45) is 5.73 Å². The largest absolute Gasteiger partial charge is 0.369 e. The number of primary amides is 1. The third-order valence-corrected chi connectivity index (χ3v) is 1.72. The van der Waals surface area contributed by atoms with Crippen LogP contribution in [0.2, 0.25) is 0 Å². The van der Waals surface area contributed by atoms with Gasteiger partial charge in [0.1, 0.15) is 6.04 Å². The maximum absolute atomic E-state index is 11.3. The highest BCUT2D eigenvalue weighted by Crippen LogP contribution is 1.98. The summed E-state index contributed by atoms with van der Waals surface area (Å²) < 4.78 is 4.75. The number of nitrogens with two attached hydrogens (primary N) is 1. The molecule has 86 valence electrons. The van der Waals surface area contributed by atoms with E-state index in [4.69, 9.17) is 10.5 Å². The predicted molar refractivity (Wildman–Crippen MR) is 51.7 cm³/mol. The molecule has 0 heterocycles. The maximum Gasteiger partial charge on any atom is 0.249 e. The topological polar surface area (TPSA) is 111 Å². The van der Waals surface area contributed by atoms with Gasteiger partial charge >= 0.3 is 0 Å². The normalized spacial score (nSPS) is 13.8. The average Bonchev–Trinajstić information content (AvgIpc) is 2.15. The van der Waals surface area contributed by atoms with Gasteiger partial charge < -0.3 is 21.1 Å². The molecule has 0 fully saturated rings. The van der Waals surface area contributed by atoms with Crippen LogP contribution in [0.1, 0.15) is 6.92 Å². The van der Waals surface area contributed by atoms with E-state index in [1.165, 1.54) is 21.1 Å². The molecule has 0 aromatic heterocycles. The summed E-state index contributed by atoms with van der Waals surface area (Å²) in [5.41, 5.74) is 5.02. The van der Waals surface area contributed by atoms with Crippen molar-refractivity contribution in [3.05, 3.63) is 0 Å². The minimum atomic E-state index is -1.19. The number of likely N-dealkylation sites (N-methyl/N-ethyl adjacent to an activating group) is 1. The van der Waals surface area contributed by atoms with Gasteiger partial charge in [0, 0.05) is 21.1 Å². The molecule has 3 amide bonds. The number of ether oxygens (including phenoxy) is 1. The average molecular weight is 217 g/mol. The summed E-state index contributed by atoms with van der Waals surface area (Å²) >= 11 is 0. The maximum atomic E-state index is 11.3. The SMILES string of the molecule is CNC(=O)C(NC(C)=O)C(OC)C(N)=O. The molecule has 0 bridgehead atoms. The lowest BCUT2D eigenvalue weighted by Crippen LogP contribution is -2.56.